The molecule has 5 heteroatoms. The van der Waals surface area contributed by atoms with Gasteiger partial charge in [0.2, 0.25) is 0 Å². The highest BCUT2D eigenvalue weighted by Gasteiger charge is 2.08. The Balaban J connectivity index is 2.05. The largest absolute Gasteiger partial charge is 0.347 e. The molecule has 2 aromatic rings. The Kier molecular flexibility index (Phi) is 6.18. The predicted octanol–water partition coefficient (Wildman–Crippen LogP) is 3.04. The van der Waals surface area contributed by atoms with E-state index in [9.17, 15) is 4.79 Å². The van der Waals surface area contributed by atoms with E-state index in [0.717, 1.165) is 5.56 Å². The molecule has 1 heterocycles. The minimum absolute atomic E-state index is 0.242. The van der Waals surface area contributed by atoms with Crippen LogP contribution in [0.2, 0.25) is 0 Å². The number of benzene rings is 1. The summed E-state index contributed by atoms with van der Waals surface area (Å²) in [5.41, 5.74) is 2.19. The molecule has 1 aromatic carbocycles. The van der Waals surface area contributed by atoms with Crippen molar-refractivity contribution in [3.63, 3.8) is 0 Å². The van der Waals surface area contributed by atoms with Crippen LogP contribution in [0.25, 0.3) is 11.3 Å². The maximum Gasteiger partial charge on any atom is 0.271 e. The zero-order valence-electron chi connectivity index (χ0n) is 13.0. The van der Waals surface area contributed by atoms with Crippen molar-refractivity contribution in [2.75, 3.05) is 6.54 Å². The highest BCUT2D eigenvalue weighted by Crippen LogP contribution is 2.16. The zero-order chi connectivity index (χ0) is 17.2. The van der Waals surface area contributed by atoms with Crippen molar-refractivity contribution < 1.29 is 4.79 Å². The normalized spacial score (nSPS) is 10.6. The van der Waals surface area contributed by atoms with Gasteiger partial charge in [-0.15, -0.1) is 0 Å². The van der Waals surface area contributed by atoms with E-state index in [-0.39, 0.29) is 11.6 Å². The fourth-order valence-electron chi connectivity index (χ4n) is 1.86. The first-order valence-corrected chi connectivity index (χ1v) is 7.29. The first-order chi connectivity index (χ1) is 11.7. The van der Waals surface area contributed by atoms with Crippen LogP contribution in [0.3, 0.4) is 0 Å². The second-order valence-electron chi connectivity index (χ2n) is 4.74. The lowest BCUT2D eigenvalue weighted by atomic mass is 10.1. The van der Waals surface area contributed by atoms with Crippen molar-refractivity contribution in [1.82, 2.24) is 15.3 Å². The van der Waals surface area contributed by atoms with Gasteiger partial charge in [-0.1, -0.05) is 49.1 Å². The number of rotatable bonds is 6. The van der Waals surface area contributed by atoms with Crippen molar-refractivity contribution in [1.29, 1.82) is 5.26 Å². The van der Waals surface area contributed by atoms with E-state index in [1.807, 2.05) is 18.2 Å². The van der Waals surface area contributed by atoms with Gasteiger partial charge in [-0.3, -0.25) is 9.78 Å². The number of nitrogens with zero attached hydrogens (tertiary/aromatic N) is 3. The molecule has 1 aromatic heterocycles. The van der Waals surface area contributed by atoms with Gasteiger partial charge < -0.3 is 5.32 Å². The maximum absolute atomic E-state index is 12.1. The lowest BCUT2D eigenvalue weighted by Crippen LogP contribution is -2.24. The minimum atomic E-state index is -0.296. The van der Waals surface area contributed by atoms with Crippen LogP contribution in [-0.2, 0) is 0 Å². The van der Waals surface area contributed by atoms with Crippen LogP contribution in [0.15, 0.2) is 73.6 Å². The minimum Gasteiger partial charge on any atom is -0.347 e. The lowest BCUT2D eigenvalue weighted by Gasteiger charge is -2.04. The first-order valence-electron chi connectivity index (χ1n) is 7.29. The molecule has 0 saturated heterocycles. The number of carbonyl (C=O) groups is 1. The van der Waals surface area contributed by atoms with Crippen LogP contribution in [-0.4, -0.2) is 22.4 Å². The number of allylic oxidation sites excluding steroid dienone is 4. The third-order valence-corrected chi connectivity index (χ3v) is 3.05. The summed E-state index contributed by atoms with van der Waals surface area (Å²) in [4.78, 5) is 20.5. The molecule has 0 bridgehead atoms. The number of hydrogen-bond acceptors (Lipinski definition) is 4. The van der Waals surface area contributed by atoms with E-state index >= 15 is 0 Å². The van der Waals surface area contributed by atoms with Gasteiger partial charge in [-0.2, -0.15) is 5.26 Å². The average Bonchev–Trinajstić information content (AvgIpc) is 2.64. The number of nitrogens with one attached hydrogen (secondary N) is 1. The zero-order valence-corrected chi connectivity index (χ0v) is 13.0. The second kappa shape index (κ2) is 8.81. The van der Waals surface area contributed by atoms with Crippen LogP contribution >= 0.6 is 0 Å². The van der Waals surface area contributed by atoms with Gasteiger partial charge in [0.25, 0.3) is 5.91 Å². The van der Waals surface area contributed by atoms with Crippen molar-refractivity contribution in [3.8, 4) is 17.3 Å². The standard InChI is InChI=1S/C19H16N4O/c1-2-3-4-5-6-11-22-19(24)18-14-21-13-17(23-18)16-9-7-15(12-20)8-10-16/h2-10,13-14H,1,11H2,(H,22,24)/b4-3-,6-5-. The van der Waals surface area contributed by atoms with Crippen molar-refractivity contribution >= 4 is 5.91 Å². The second-order valence-corrected chi connectivity index (χ2v) is 4.74. The Morgan fingerprint density at radius 2 is 2.00 bits per heavy atom. The number of nitriles is 1. The van der Waals surface area contributed by atoms with Crippen LogP contribution in [0.5, 0.6) is 0 Å². The summed E-state index contributed by atoms with van der Waals surface area (Å²) >= 11 is 0. The molecule has 5 nitrogen and oxygen atoms in total. The number of carbonyl (C=O) groups excluding carboxylic acids is 1. The van der Waals surface area contributed by atoms with Crippen molar-refractivity contribution in [2.45, 2.75) is 0 Å². The molecule has 0 aliphatic heterocycles. The highest BCUT2D eigenvalue weighted by atomic mass is 16.1. The van der Waals surface area contributed by atoms with Gasteiger partial charge in [-0.25, -0.2) is 4.98 Å². The van der Waals surface area contributed by atoms with E-state index < -0.39 is 0 Å². The summed E-state index contributed by atoms with van der Waals surface area (Å²) in [6.45, 7) is 3.96. The molecular weight excluding hydrogens is 300 g/mol. The van der Waals surface area contributed by atoms with Gasteiger partial charge >= 0.3 is 0 Å². The first kappa shape index (κ1) is 16.8. The monoisotopic (exact) mass is 316 g/mol. The lowest BCUT2D eigenvalue weighted by molar-refractivity contribution is 0.0952. The van der Waals surface area contributed by atoms with E-state index in [2.05, 4.69) is 27.9 Å². The predicted molar refractivity (Wildman–Crippen MR) is 93.0 cm³/mol. The fraction of sp³-hybridized carbons (Fsp3) is 0.0526. The molecular formula is C19H16N4O. The topological polar surface area (TPSA) is 78.7 Å². The maximum atomic E-state index is 12.1. The smallest absolute Gasteiger partial charge is 0.271 e. The third-order valence-electron chi connectivity index (χ3n) is 3.05. The highest BCUT2D eigenvalue weighted by molar-refractivity contribution is 5.92. The molecule has 0 unspecified atom stereocenters. The van der Waals surface area contributed by atoms with E-state index in [1.54, 1.807) is 42.6 Å². The number of aromatic nitrogens is 2. The Morgan fingerprint density at radius 1 is 1.21 bits per heavy atom. The van der Waals surface area contributed by atoms with Crippen molar-refractivity contribution in [2.24, 2.45) is 0 Å². The molecule has 0 spiro atoms. The van der Waals surface area contributed by atoms with Crippen LogP contribution in [0, 0.1) is 11.3 Å². The molecule has 0 saturated carbocycles. The molecule has 1 N–H and O–H groups in total. The van der Waals surface area contributed by atoms with E-state index in [4.69, 9.17) is 5.26 Å². The summed E-state index contributed by atoms with van der Waals surface area (Å²) in [6, 6.07) is 9.01. The molecule has 2 rings (SSSR count). The molecule has 0 fully saturated rings. The molecule has 1 amide bonds. The SMILES string of the molecule is C=C/C=C\C=C/CNC(=O)c1cncc(-c2ccc(C#N)cc2)n1. The Hall–Kier alpha value is -3.52. The molecule has 0 aliphatic carbocycles. The van der Waals surface area contributed by atoms with Gasteiger partial charge in [0.05, 0.1) is 29.7 Å². The summed E-state index contributed by atoms with van der Waals surface area (Å²) in [7, 11) is 0. The van der Waals surface area contributed by atoms with Crippen molar-refractivity contribution in [3.05, 3.63) is 84.9 Å². The van der Waals surface area contributed by atoms with Gasteiger partial charge in [0, 0.05) is 12.1 Å². The third kappa shape index (κ3) is 4.75. The fourth-order valence-corrected chi connectivity index (χ4v) is 1.86. The van der Waals surface area contributed by atoms with Crippen LogP contribution in [0.4, 0.5) is 0 Å². The average molecular weight is 316 g/mol. The molecule has 0 radical (unpaired) electrons. The summed E-state index contributed by atoms with van der Waals surface area (Å²) in [6.07, 6.45) is 11.9. The molecule has 0 atom stereocenters. The number of amides is 1. The Bertz CT molecular complexity index is 814. The van der Waals surface area contributed by atoms with E-state index in [1.165, 1.54) is 6.20 Å². The van der Waals surface area contributed by atoms with Crippen LogP contribution < -0.4 is 5.32 Å². The number of hydrogen-bond donors (Lipinski definition) is 1. The Morgan fingerprint density at radius 3 is 2.71 bits per heavy atom. The Labute approximate surface area is 140 Å². The molecule has 0 aliphatic rings. The molecule has 118 valence electrons. The van der Waals surface area contributed by atoms with Gasteiger partial charge in [0.15, 0.2) is 0 Å². The summed E-state index contributed by atoms with van der Waals surface area (Å²) < 4.78 is 0. The quantitative estimate of drug-likeness (QED) is 0.831. The van der Waals surface area contributed by atoms with Crippen LogP contribution in [0.1, 0.15) is 16.1 Å². The van der Waals surface area contributed by atoms with Gasteiger partial charge in [-0.05, 0) is 12.1 Å². The summed E-state index contributed by atoms with van der Waals surface area (Å²) in [5.74, 6) is -0.296. The van der Waals surface area contributed by atoms with E-state index in [0.29, 0.717) is 17.8 Å². The summed E-state index contributed by atoms with van der Waals surface area (Å²) in [5, 5.41) is 11.6. The van der Waals surface area contributed by atoms with Gasteiger partial charge in [0.1, 0.15) is 5.69 Å². The molecule has 24 heavy (non-hydrogen) atoms.